The van der Waals surface area contributed by atoms with Gasteiger partial charge in [0.05, 0.1) is 6.54 Å². The molecule has 1 rings (SSSR count). The maximum atomic E-state index is 11.0. The predicted octanol–water partition coefficient (Wildman–Crippen LogP) is 3.36. The summed E-state index contributed by atoms with van der Waals surface area (Å²) < 4.78 is 0. The highest BCUT2D eigenvalue weighted by Crippen LogP contribution is 2.24. The molecule has 0 N–H and O–H groups in total. The van der Waals surface area contributed by atoms with E-state index in [0.717, 1.165) is 13.0 Å². The zero-order chi connectivity index (χ0) is 14.6. The van der Waals surface area contributed by atoms with Gasteiger partial charge in [-0.05, 0) is 49.4 Å². The normalized spacial score (nSPS) is 11.9. The van der Waals surface area contributed by atoms with Gasteiger partial charge in [-0.2, -0.15) is 0 Å². The number of hydrogen-bond donors (Lipinski definition) is 0. The fraction of sp³-hybridized carbons (Fsp3) is 0.588. The largest absolute Gasteiger partial charge is 0.299 e. The number of carbonyl (C=O) groups excluding carboxylic acids is 1. The molecule has 0 fully saturated rings. The lowest BCUT2D eigenvalue weighted by molar-refractivity contribution is -0.117. The molecule has 1 aromatic carbocycles. The molecule has 0 saturated heterocycles. The number of carbonyl (C=O) groups is 1. The van der Waals surface area contributed by atoms with Crippen molar-refractivity contribution >= 4 is 5.78 Å². The molecule has 2 nitrogen and oxygen atoms in total. The quantitative estimate of drug-likeness (QED) is 0.810. The molecular formula is C17H27NO. The average molecular weight is 261 g/mol. The Morgan fingerprint density at radius 1 is 1.26 bits per heavy atom. The van der Waals surface area contributed by atoms with Gasteiger partial charge in [0.2, 0.25) is 0 Å². The number of aryl methyl sites for hydroxylation is 1. The van der Waals surface area contributed by atoms with Gasteiger partial charge in [0.25, 0.3) is 0 Å². The fourth-order valence-electron chi connectivity index (χ4n) is 2.21. The van der Waals surface area contributed by atoms with Crippen molar-refractivity contribution in [3.63, 3.8) is 0 Å². The van der Waals surface area contributed by atoms with Gasteiger partial charge in [0, 0.05) is 6.54 Å². The van der Waals surface area contributed by atoms with Crippen LogP contribution >= 0.6 is 0 Å². The Balaban J connectivity index is 2.68. The first-order chi connectivity index (χ1) is 8.70. The number of ketones is 1. The molecule has 0 radical (unpaired) electrons. The highest BCUT2D eigenvalue weighted by Gasteiger charge is 2.14. The van der Waals surface area contributed by atoms with E-state index in [2.05, 4.69) is 50.8 Å². The van der Waals surface area contributed by atoms with Crippen molar-refractivity contribution in [1.82, 2.24) is 4.90 Å². The molecule has 106 valence electrons. The van der Waals surface area contributed by atoms with Crippen molar-refractivity contribution < 1.29 is 4.79 Å². The fourth-order valence-corrected chi connectivity index (χ4v) is 2.21. The van der Waals surface area contributed by atoms with Crippen LogP contribution in [-0.2, 0) is 16.6 Å². The minimum Gasteiger partial charge on any atom is -0.299 e. The van der Waals surface area contributed by atoms with Crippen LogP contribution < -0.4 is 0 Å². The molecule has 0 amide bonds. The molecule has 0 heterocycles. The van der Waals surface area contributed by atoms with Crippen molar-refractivity contribution in [3.05, 3.63) is 34.9 Å². The summed E-state index contributed by atoms with van der Waals surface area (Å²) in [5.74, 6) is 0.224. The average Bonchev–Trinajstić information content (AvgIpc) is 2.25. The molecule has 0 bridgehead atoms. The maximum Gasteiger partial charge on any atom is 0.143 e. The van der Waals surface area contributed by atoms with Gasteiger partial charge in [-0.1, -0.05) is 39.0 Å². The molecule has 0 saturated carbocycles. The summed E-state index contributed by atoms with van der Waals surface area (Å²) in [7, 11) is 2.00. The zero-order valence-corrected chi connectivity index (χ0v) is 13.2. The lowest BCUT2D eigenvalue weighted by atomic mass is 9.85. The second-order valence-electron chi connectivity index (χ2n) is 6.58. The van der Waals surface area contributed by atoms with E-state index < -0.39 is 0 Å². The van der Waals surface area contributed by atoms with Crippen LogP contribution in [0.3, 0.4) is 0 Å². The van der Waals surface area contributed by atoms with Crippen molar-refractivity contribution in [2.24, 2.45) is 0 Å². The van der Waals surface area contributed by atoms with Crippen LogP contribution in [0.2, 0.25) is 0 Å². The van der Waals surface area contributed by atoms with E-state index in [4.69, 9.17) is 0 Å². The van der Waals surface area contributed by atoms with E-state index in [9.17, 15) is 4.79 Å². The minimum absolute atomic E-state index is 0.203. The summed E-state index contributed by atoms with van der Waals surface area (Å²) in [5, 5.41) is 0. The molecule has 0 unspecified atom stereocenters. The van der Waals surface area contributed by atoms with Crippen LogP contribution in [0.1, 0.15) is 44.4 Å². The lowest BCUT2D eigenvalue weighted by Crippen LogP contribution is -2.26. The van der Waals surface area contributed by atoms with Crippen molar-refractivity contribution in [2.45, 2.75) is 46.5 Å². The maximum absolute atomic E-state index is 11.0. The van der Waals surface area contributed by atoms with Gasteiger partial charge in [0.15, 0.2) is 0 Å². The molecule has 0 aliphatic rings. The van der Waals surface area contributed by atoms with E-state index in [-0.39, 0.29) is 11.2 Å². The number of Topliss-reactive ketones (excluding diaryl/α,β-unsaturated/α-hetero) is 1. The number of likely N-dealkylation sites (N-methyl/N-ethyl adjacent to an activating group) is 1. The number of benzene rings is 1. The van der Waals surface area contributed by atoms with Crippen LogP contribution in [0.5, 0.6) is 0 Å². The van der Waals surface area contributed by atoms with Crippen molar-refractivity contribution in [1.29, 1.82) is 0 Å². The van der Waals surface area contributed by atoms with Gasteiger partial charge in [-0.3, -0.25) is 9.69 Å². The number of nitrogens with zero attached hydrogens (tertiary/aromatic N) is 1. The molecule has 0 atom stereocenters. The van der Waals surface area contributed by atoms with Crippen LogP contribution in [-0.4, -0.2) is 30.8 Å². The van der Waals surface area contributed by atoms with Gasteiger partial charge in [-0.25, -0.2) is 0 Å². The smallest absolute Gasteiger partial charge is 0.143 e. The summed E-state index contributed by atoms with van der Waals surface area (Å²) in [6.45, 7) is 12.0. The van der Waals surface area contributed by atoms with E-state index in [0.29, 0.717) is 6.54 Å². The first kappa shape index (κ1) is 15.9. The summed E-state index contributed by atoms with van der Waals surface area (Å²) in [4.78, 5) is 13.1. The molecule has 19 heavy (non-hydrogen) atoms. The van der Waals surface area contributed by atoms with Crippen molar-refractivity contribution in [3.8, 4) is 0 Å². The molecule has 0 aromatic heterocycles. The van der Waals surface area contributed by atoms with E-state index in [1.165, 1.54) is 16.7 Å². The highest BCUT2D eigenvalue weighted by molar-refractivity contribution is 5.77. The second-order valence-corrected chi connectivity index (χ2v) is 6.58. The third kappa shape index (κ3) is 5.15. The monoisotopic (exact) mass is 261 g/mol. The third-order valence-electron chi connectivity index (χ3n) is 3.46. The van der Waals surface area contributed by atoms with Gasteiger partial charge in [-0.15, -0.1) is 0 Å². The summed E-state index contributed by atoms with van der Waals surface area (Å²) >= 11 is 0. The van der Waals surface area contributed by atoms with E-state index in [1.54, 1.807) is 6.92 Å². The number of rotatable bonds is 5. The topological polar surface area (TPSA) is 20.3 Å². The number of hydrogen-bond acceptors (Lipinski definition) is 2. The van der Waals surface area contributed by atoms with Crippen LogP contribution in [0.4, 0.5) is 0 Å². The van der Waals surface area contributed by atoms with Gasteiger partial charge >= 0.3 is 0 Å². The standard InChI is InChI=1S/C17H27NO/c1-13-11-16(17(3,4)5)8-7-15(13)9-10-18(6)12-14(2)19/h7-8,11H,9-10,12H2,1-6H3. The Hall–Kier alpha value is -1.15. The zero-order valence-electron chi connectivity index (χ0n) is 13.2. The highest BCUT2D eigenvalue weighted by atomic mass is 16.1. The molecule has 0 aliphatic heterocycles. The predicted molar refractivity (Wildman–Crippen MR) is 81.8 cm³/mol. The Labute approximate surface area is 117 Å². The molecule has 1 aromatic rings. The Morgan fingerprint density at radius 3 is 2.37 bits per heavy atom. The first-order valence-corrected chi connectivity index (χ1v) is 6.98. The Kier molecular flexibility index (Phi) is 5.30. The van der Waals surface area contributed by atoms with Crippen LogP contribution in [0.25, 0.3) is 0 Å². The van der Waals surface area contributed by atoms with Crippen molar-refractivity contribution in [2.75, 3.05) is 20.1 Å². The van der Waals surface area contributed by atoms with E-state index >= 15 is 0 Å². The summed E-state index contributed by atoms with van der Waals surface area (Å²) in [6, 6.07) is 6.76. The molecule has 0 spiro atoms. The third-order valence-corrected chi connectivity index (χ3v) is 3.46. The molecule has 0 aliphatic carbocycles. The molecular weight excluding hydrogens is 234 g/mol. The van der Waals surface area contributed by atoms with E-state index in [1.807, 2.05) is 7.05 Å². The van der Waals surface area contributed by atoms with Crippen LogP contribution in [0, 0.1) is 6.92 Å². The summed E-state index contributed by atoms with van der Waals surface area (Å²) in [5.41, 5.74) is 4.31. The Morgan fingerprint density at radius 2 is 1.89 bits per heavy atom. The summed E-state index contributed by atoms with van der Waals surface area (Å²) in [6.07, 6.45) is 1.00. The van der Waals surface area contributed by atoms with Gasteiger partial charge in [0.1, 0.15) is 5.78 Å². The first-order valence-electron chi connectivity index (χ1n) is 6.98. The second kappa shape index (κ2) is 6.33. The Bertz CT molecular complexity index is 443. The van der Waals surface area contributed by atoms with Crippen LogP contribution in [0.15, 0.2) is 18.2 Å². The SMILES string of the molecule is CC(=O)CN(C)CCc1ccc(C(C)(C)C)cc1C. The minimum atomic E-state index is 0.203. The lowest BCUT2D eigenvalue weighted by Gasteiger charge is -2.21. The molecule has 2 heteroatoms. The van der Waals surface area contributed by atoms with Gasteiger partial charge < -0.3 is 0 Å².